The molecule has 302 valence electrons. The number of rotatable bonds is 10. The number of carbonyl (C=O) groups is 3. The second kappa shape index (κ2) is 16.2. The first kappa shape index (κ1) is 41.2. The number of amides is 3. The smallest absolute Gasteiger partial charge is 0.411 e. The van der Waals surface area contributed by atoms with Crippen molar-refractivity contribution in [1.29, 1.82) is 0 Å². The topological polar surface area (TPSA) is 115 Å². The van der Waals surface area contributed by atoms with Gasteiger partial charge in [0.2, 0.25) is 11.7 Å². The van der Waals surface area contributed by atoms with Crippen molar-refractivity contribution in [3.63, 3.8) is 0 Å². The van der Waals surface area contributed by atoms with Crippen molar-refractivity contribution in [2.45, 2.75) is 110 Å². The fourth-order valence-corrected chi connectivity index (χ4v) is 7.22. The molecule has 0 spiro atoms. The number of hydrogen-bond donors (Lipinski definition) is 0. The Bertz CT molecular complexity index is 2020. The third-order valence-corrected chi connectivity index (χ3v) is 10.3. The quantitative estimate of drug-likeness (QED) is 0.147. The third-order valence-electron chi connectivity index (χ3n) is 9.39. The Morgan fingerprint density at radius 3 is 2.30 bits per heavy atom. The number of ether oxygens (including phenoxy) is 3. The van der Waals surface area contributed by atoms with E-state index >= 15 is 4.79 Å². The van der Waals surface area contributed by atoms with Crippen LogP contribution in [-0.2, 0) is 27.2 Å². The predicted molar refractivity (Wildman–Crippen MR) is 202 cm³/mol. The number of nitrogens with zero attached hydrogens (tertiary/aromatic N) is 4. The molecule has 2 atom stereocenters. The van der Waals surface area contributed by atoms with Gasteiger partial charge in [0.1, 0.15) is 17.5 Å². The molecule has 11 nitrogen and oxygen atoms in total. The summed E-state index contributed by atoms with van der Waals surface area (Å²) in [5, 5.41) is 0.659. The molecule has 1 aromatic heterocycles. The molecule has 2 aliphatic heterocycles. The predicted octanol–water partition coefficient (Wildman–Crippen LogP) is 8.98. The number of halogens is 5. The maximum absolute atomic E-state index is 15.2. The highest BCUT2D eigenvalue weighted by Gasteiger charge is 2.51. The van der Waals surface area contributed by atoms with Gasteiger partial charge < -0.3 is 28.4 Å². The van der Waals surface area contributed by atoms with Gasteiger partial charge in [-0.15, -0.1) is 0 Å². The summed E-state index contributed by atoms with van der Waals surface area (Å²) in [6.45, 7) is 10.5. The van der Waals surface area contributed by atoms with Gasteiger partial charge in [-0.1, -0.05) is 35.3 Å². The molecule has 0 N–H and O–H groups in total. The van der Waals surface area contributed by atoms with Crippen molar-refractivity contribution >= 4 is 46.9 Å². The SMILES string of the molecule is CC(C)(C)OC(=O)N1CC2CC(c3nc(CCCOc4c(F)ccc(F)c4F)co3)=C(C(=O)N(Cc3cccc(Cl)c3Cl)C3CC3)[C@@H](C1)N2C(=O)OC(C)(C)C. The van der Waals surface area contributed by atoms with Gasteiger partial charge in [0.15, 0.2) is 17.4 Å². The first-order valence-corrected chi connectivity index (χ1v) is 19.2. The maximum Gasteiger partial charge on any atom is 0.411 e. The summed E-state index contributed by atoms with van der Waals surface area (Å²) in [5.74, 6) is -4.72. The van der Waals surface area contributed by atoms with Crippen molar-refractivity contribution in [3.8, 4) is 5.75 Å². The maximum atomic E-state index is 15.2. The van der Waals surface area contributed by atoms with Crippen molar-refractivity contribution < 1.29 is 46.2 Å². The highest BCUT2D eigenvalue weighted by atomic mass is 35.5. The molecule has 1 unspecified atom stereocenters. The number of piperazine rings is 1. The summed E-state index contributed by atoms with van der Waals surface area (Å²) in [5.41, 5.74) is 0.106. The molecule has 16 heteroatoms. The molecule has 3 aromatic rings. The van der Waals surface area contributed by atoms with Crippen LogP contribution in [0.5, 0.6) is 5.75 Å². The first-order valence-electron chi connectivity index (χ1n) is 18.5. The molecule has 2 aromatic carbocycles. The number of aryl methyl sites for hydroxylation is 1. The van der Waals surface area contributed by atoms with Gasteiger partial charge in [-0.3, -0.25) is 9.69 Å². The van der Waals surface area contributed by atoms with Crippen LogP contribution < -0.4 is 4.74 Å². The second-order valence-corrected chi connectivity index (χ2v) is 17.0. The van der Waals surface area contributed by atoms with Gasteiger partial charge in [0.25, 0.3) is 5.91 Å². The van der Waals surface area contributed by atoms with Crippen LogP contribution in [0, 0.1) is 17.5 Å². The summed E-state index contributed by atoms with van der Waals surface area (Å²) in [6, 6.07) is 4.91. The largest absolute Gasteiger partial charge is 0.488 e. The normalized spacial score (nSPS) is 18.6. The van der Waals surface area contributed by atoms with Crippen molar-refractivity contribution in [2.75, 3.05) is 19.7 Å². The Hall–Kier alpha value is -4.43. The summed E-state index contributed by atoms with van der Waals surface area (Å²) in [6.07, 6.45) is 2.25. The van der Waals surface area contributed by atoms with E-state index in [-0.39, 0.29) is 63.0 Å². The van der Waals surface area contributed by atoms with Crippen LogP contribution in [-0.4, -0.2) is 86.8 Å². The highest BCUT2D eigenvalue weighted by molar-refractivity contribution is 6.42. The van der Waals surface area contributed by atoms with Gasteiger partial charge in [-0.05, 0) is 91.0 Å². The van der Waals surface area contributed by atoms with E-state index in [4.69, 9.17) is 46.8 Å². The molecule has 1 saturated heterocycles. The van der Waals surface area contributed by atoms with Crippen LogP contribution in [0.15, 0.2) is 46.6 Å². The van der Waals surface area contributed by atoms with Gasteiger partial charge in [-0.2, -0.15) is 4.39 Å². The fraction of sp³-hybridized carbons (Fsp3) is 0.500. The van der Waals surface area contributed by atoms with Gasteiger partial charge in [-0.25, -0.2) is 23.4 Å². The Kier molecular flexibility index (Phi) is 11.9. The van der Waals surface area contributed by atoms with E-state index in [0.29, 0.717) is 32.9 Å². The molecular weight excluding hydrogens is 776 g/mol. The van der Waals surface area contributed by atoms with E-state index in [2.05, 4.69) is 0 Å². The zero-order chi connectivity index (χ0) is 40.7. The van der Waals surface area contributed by atoms with Crippen LogP contribution >= 0.6 is 23.2 Å². The lowest BCUT2D eigenvalue weighted by Gasteiger charge is -2.50. The van der Waals surface area contributed by atoms with E-state index in [1.807, 2.05) is 0 Å². The van der Waals surface area contributed by atoms with Crippen LogP contribution in [0.1, 0.15) is 84.4 Å². The molecule has 6 rings (SSSR count). The lowest BCUT2D eigenvalue weighted by Crippen LogP contribution is -2.66. The molecule has 3 amide bonds. The molecule has 56 heavy (non-hydrogen) atoms. The number of hydrogen-bond acceptors (Lipinski definition) is 8. The van der Waals surface area contributed by atoms with Crippen molar-refractivity contribution in [3.05, 3.63) is 86.8 Å². The minimum atomic E-state index is -1.41. The standard InChI is InChI=1S/C40H45Cl2F3N4O7/c1-39(2,3)55-37(51)47-19-25-17-26(35-46-23(21-54-35)10-8-16-53-34-29(44)15-14-28(43)33(34)45)31(30(20-47)49(25)38(52)56-40(4,5)6)36(50)48(24-12-13-24)18-22-9-7-11-27(41)32(22)42/h7,9,11,14-15,21,24-25,30H,8,10,12-13,16-20H2,1-6H3/t25?,30-/m1/s1. The summed E-state index contributed by atoms with van der Waals surface area (Å²) in [7, 11) is 0. The van der Waals surface area contributed by atoms with E-state index in [0.717, 1.165) is 18.9 Å². The molecule has 1 saturated carbocycles. The third kappa shape index (κ3) is 9.39. The van der Waals surface area contributed by atoms with Gasteiger partial charge in [0.05, 0.1) is 40.0 Å². The van der Waals surface area contributed by atoms with Crippen molar-refractivity contribution in [1.82, 2.24) is 19.7 Å². The summed E-state index contributed by atoms with van der Waals surface area (Å²) < 4.78 is 64.7. The van der Waals surface area contributed by atoms with E-state index in [9.17, 15) is 22.8 Å². The monoisotopic (exact) mass is 820 g/mol. The Balaban J connectivity index is 1.37. The van der Waals surface area contributed by atoms with E-state index in [1.165, 1.54) is 16.1 Å². The number of benzene rings is 2. The molecular formula is C40H45Cl2F3N4O7. The van der Waals surface area contributed by atoms with Gasteiger partial charge in [0, 0.05) is 37.7 Å². The Morgan fingerprint density at radius 1 is 0.946 bits per heavy atom. The number of oxazole rings is 1. The molecule has 1 aliphatic carbocycles. The minimum absolute atomic E-state index is 0.0771. The molecule has 2 bridgehead atoms. The van der Waals surface area contributed by atoms with Crippen LogP contribution in [0.2, 0.25) is 10.0 Å². The number of carbonyl (C=O) groups excluding carboxylic acids is 3. The van der Waals surface area contributed by atoms with E-state index in [1.54, 1.807) is 64.6 Å². The van der Waals surface area contributed by atoms with E-state index < -0.39 is 64.6 Å². The molecule has 0 radical (unpaired) electrons. The minimum Gasteiger partial charge on any atom is -0.488 e. The second-order valence-electron chi connectivity index (χ2n) is 16.2. The number of fused-ring (bicyclic) bond motifs is 2. The average molecular weight is 822 g/mol. The summed E-state index contributed by atoms with van der Waals surface area (Å²) >= 11 is 13.0. The first-order chi connectivity index (χ1) is 26.3. The number of aromatic nitrogens is 1. The molecule has 3 heterocycles. The lowest BCUT2D eigenvalue weighted by molar-refractivity contribution is -0.129. The van der Waals surface area contributed by atoms with Crippen molar-refractivity contribution in [2.24, 2.45) is 0 Å². The zero-order valence-corrected chi connectivity index (χ0v) is 33.6. The molecule has 3 aliphatic rings. The molecule has 2 fully saturated rings. The lowest BCUT2D eigenvalue weighted by atomic mass is 9.84. The highest BCUT2D eigenvalue weighted by Crippen LogP contribution is 2.42. The fourth-order valence-electron chi connectivity index (χ4n) is 6.84. The van der Waals surface area contributed by atoms with Gasteiger partial charge >= 0.3 is 12.2 Å². The average Bonchev–Trinajstić information content (AvgIpc) is 3.84. The summed E-state index contributed by atoms with van der Waals surface area (Å²) in [4.78, 5) is 52.2. The van der Waals surface area contributed by atoms with Crippen LogP contribution in [0.3, 0.4) is 0 Å². The van der Waals surface area contributed by atoms with Crippen LogP contribution in [0.25, 0.3) is 5.57 Å². The van der Waals surface area contributed by atoms with Crippen LogP contribution in [0.4, 0.5) is 22.8 Å². The Labute approximate surface area is 333 Å². The Morgan fingerprint density at radius 2 is 1.62 bits per heavy atom. The zero-order valence-electron chi connectivity index (χ0n) is 32.1.